The van der Waals surface area contributed by atoms with E-state index < -0.39 is 12.0 Å². The molecule has 5 aromatic heterocycles. The van der Waals surface area contributed by atoms with Gasteiger partial charge >= 0.3 is 27.2 Å². The van der Waals surface area contributed by atoms with Crippen molar-refractivity contribution in [2.45, 2.75) is 32.4 Å². The normalized spacial score (nSPS) is 12.3. The van der Waals surface area contributed by atoms with Crippen molar-refractivity contribution < 1.29 is 43.4 Å². The van der Waals surface area contributed by atoms with Gasteiger partial charge < -0.3 is 13.7 Å². The Kier molecular flexibility index (Phi) is 7.24. The summed E-state index contributed by atoms with van der Waals surface area (Å²) in [5.41, 5.74) is 3.35. The Hall–Kier alpha value is -4.95. The van der Waals surface area contributed by atoms with E-state index >= 15 is 0 Å². The SMILES string of the molecule is CC(C)(C)c1cc(Oc2nc(-c3[c-]cccc3)cc3c2oc2cnc(C(F)(F)F)n23)nc(-n2c3[c-]cccc3c3ccccc32)c1.[Pt+2]. The van der Waals surface area contributed by atoms with Gasteiger partial charge in [0, 0.05) is 11.6 Å². The van der Waals surface area contributed by atoms with E-state index in [1.165, 1.54) is 6.07 Å². The maximum atomic E-state index is 14.0. The number of hydrogen-bond donors (Lipinski definition) is 0. The minimum atomic E-state index is -4.72. The van der Waals surface area contributed by atoms with Gasteiger partial charge in [-0.25, -0.2) is 4.98 Å². The van der Waals surface area contributed by atoms with E-state index in [9.17, 15) is 13.2 Å². The van der Waals surface area contributed by atoms with Crippen molar-refractivity contribution in [2.75, 3.05) is 0 Å². The largest absolute Gasteiger partial charge is 2.00 e. The second kappa shape index (κ2) is 11.1. The molecule has 0 saturated carbocycles. The molecular weight excluding hydrogens is 787 g/mol. The number of halogens is 3. The van der Waals surface area contributed by atoms with E-state index in [1.54, 1.807) is 24.3 Å². The molecule has 8 rings (SSSR count). The molecule has 0 aliphatic rings. The first-order chi connectivity index (χ1) is 22.1. The van der Waals surface area contributed by atoms with E-state index in [0.717, 1.165) is 38.0 Å². The van der Waals surface area contributed by atoms with Crippen LogP contribution in [0.15, 0.2) is 95.5 Å². The number of aromatic nitrogens is 5. The first-order valence-corrected chi connectivity index (χ1v) is 14.5. The van der Waals surface area contributed by atoms with Gasteiger partial charge in [-0.2, -0.15) is 42.4 Å². The molecule has 236 valence electrons. The summed E-state index contributed by atoms with van der Waals surface area (Å²) in [5, 5.41) is 2.08. The van der Waals surface area contributed by atoms with Gasteiger partial charge in [0.1, 0.15) is 5.82 Å². The third-order valence-electron chi connectivity index (χ3n) is 7.92. The predicted molar refractivity (Wildman–Crippen MR) is 168 cm³/mol. The molecule has 0 spiro atoms. The fraction of sp³-hybridized carbons (Fsp3) is 0.139. The van der Waals surface area contributed by atoms with Crippen LogP contribution in [0.5, 0.6) is 11.8 Å². The fourth-order valence-electron chi connectivity index (χ4n) is 5.74. The molecule has 0 radical (unpaired) electrons. The first-order valence-electron chi connectivity index (χ1n) is 14.5. The van der Waals surface area contributed by atoms with Gasteiger partial charge in [0.15, 0.2) is 0 Å². The number of hydrogen-bond acceptors (Lipinski definition) is 5. The Morgan fingerprint density at radius 1 is 0.830 bits per heavy atom. The molecule has 5 heterocycles. The van der Waals surface area contributed by atoms with E-state index in [1.807, 2.05) is 53.1 Å². The van der Waals surface area contributed by atoms with Crippen LogP contribution in [0.3, 0.4) is 0 Å². The van der Waals surface area contributed by atoms with Crippen molar-refractivity contribution in [3.63, 3.8) is 0 Å². The number of nitrogens with zero attached hydrogens (tertiary/aromatic N) is 5. The number of fused-ring (bicyclic) bond motifs is 6. The first kappa shape index (κ1) is 30.7. The second-order valence-electron chi connectivity index (χ2n) is 12.0. The number of para-hydroxylation sites is 2. The van der Waals surface area contributed by atoms with Crippen LogP contribution in [0.1, 0.15) is 32.2 Å². The van der Waals surface area contributed by atoms with Crippen molar-refractivity contribution in [1.82, 2.24) is 23.9 Å². The summed E-state index contributed by atoms with van der Waals surface area (Å²) >= 11 is 0. The minimum absolute atomic E-state index is 0. The standard InChI is InChI=1S/C36H24F3N5O2.Pt/c1-35(2,3)22-17-29(43-26-15-9-7-13-23(26)24-14-8-10-16-27(24)43)42-30(18-22)45-33-32-28(19-25(41-33)21-11-5-4-6-12-21)44-31(46-32)20-40-34(44)36(37,38)39;/h4-11,13-15,17-20H,1-3H3;/q-2;+2. The van der Waals surface area contributed by atoms with Crippen LogP contribution in [-0.2, 0) is 32.7 Å². The zero-order valence-corrected chi connectivity index (χ0v) is 27.4. The summed E-state index contributed by atoms with van der Waals surface area (Å²) in [4.78, 5) is 13.2. The van der Waals surface area contributed by atoms with E-state index in [2.05, 4.69) is 44.0 Å². The molecule has 7 nitrogen and oxygen atoms in total. The van der Waals surface area contributed by atoms with Crippen molar-refractivity contribution in [2.24, 2.45) is 0 Å². The summed E-state index contributed by atoms with van der Waals surface area (Å²) in [6.07, 6.45) is -3.68. The van der Waals surface area contributed by atoms with Crippen molar-refractivity contribution in [1.29, 1.82) is 0 Å². The molecule has 3 aromatic carbocycles. The molecule has 0 unspecified atom stereocenters. The average Bonchev–Trinajstić information content (AvgIpc) is 3.71. The summed E-state index contributed by atoms with van der Waals surface area (Å²) in [6.45, 7) is 6.24. The Bertz CT molecular complexity index is 2390. The fourth-order valence-corrected chi connectivity index (χ4v) is 5.74. The van der Waals surface area contributed by atoms with Crippen LogP contribution in [-0.4, -0.2) is 23.9 Å². The maximum absolute atomic E-state index is 14.0. The van der Waals surface area contributed by atoms with Crippen molar-refractivity contribution in [3.8, 4) is 28.8 Å². The number of rotatable bonds is 4. The smallest absolute Gasteiger partial charge is 0.431 e. The molecule has 0 amide bonds. The molecule has 0 N–H and O–H groups in total. The predicted octanol–water partition coefficient (Wildman–Crippen LogP) is 9.34. The molecular formula is C36H24F3N5O2Pt. The van der Waals surface area contributed by atoms with Crippen LogP contribution in [0, 0.1) is 12.1 Å². The van der Waals surface area contributed by atoms with Gasteiger partial charge in [-0.3, -0.25) is 9.38 Å². The molecule has 0 bridgehead atoms. The quantitative estimate of drug-likeness (QED) is 0.166. The van der Waals surface area contributed by atoms with Gasteiger partial charge in [0.25, 0.3) is 5.88 Å². The number of alkyl halides is 3. The van der Waals surface area contributed by atoms with Gasteiger partial charge in [-0.1, -0.05) is 44.5 Å². The molecule has 0 fully saturated rings. The van der Waals surface area contributed by atoms with Crippen LogP contribution in [0.2, 0.25) is 0 Å². The Balaban J connectivity index is 0.00000351. The summed E-state index contributed by atoms with van der Waals surface area (Å²) in [5.74, 6) is -0.363. The summed E-state index contributed by atoms with van der Waals surface area (Å²) in [7, 11) is 0. The molecule has 8 aromatic rings. The van der Waals surface area contributed by atoms with Gasteiger partial charge in [0.2, 0.25) is 23.0 Å². The monoisotopic (exact) mass is 810 g/mol. The maximum Gasteiger partial charge on any atom is 2.00 e. The van der Waals surface area contributed by atoms with Gasteiger partial charge in [0.05, 0.1) is 11.7 Å². The number of oxazole rings is 1. The molecule has 0 aliphatic carbocycles. The number of pyridine rings is 2. The van der Waals surface area contributed by atoms with Gasteiger partial charge in [-0.05, 0) is 40.3 Å². The summed E-state index contributed by atoms with van der Waals surface area (Å²) < 4.78 is 57.2. The zero-order chi connectivity index (χ0) is 31.8. The Labute approximate surface area is 280 Å². The van der Waals surface area contributed by atoms with Crippen molar-refractivity contribution >= 4 is 38.6 Å². The Morgan fingerprint density at radius 3 is 2.36 bits per heavy atom. The second-order valence-corrected chi connectivity index (χ2v) is 12.0. The summed E-state index contributed by atoms with van der Waals surface area (Å²) in [6, 6.07) is 32.8. The minimum Gasteiger partial charge on any atom is -0.431 e. The number of imidazole rings is 1. The third kappa shape index (κ3) is 5.17. The molecule has 0 atom stereocenters. The molecule has 11 heteroatoms. The number of ether oxygens (including phenoxy) is 1. The zero-order valence-electron chi connectivity index (χ0n) is 25.2. The van der Waals surface area contributed by atoms with Crippen molar-refractivity contribution in [3.05, 3.63) is 115 Å². The van der Waals surface area contributed by atoms with Crippen LogP contribution >= 0.6 is 0 Å². The topological polar surface area (TPSA) is 70.4 Å². The Morgan fingerprint density at radius 2 is 1.60 bits per heavy atom. The number of benzene rings is 3. The molecule has 47 heavy (non-hydrogen) atoms. The van der Waals surface area contributed by atoms with Gasteiger partial charge in [-0.15, -0.1) is 41.3 Å². The molecule has 0 saturated heterocycles. The molecule has 0 aliphatic heterocycles. The van der Waals surface area contributed by atoms with Crippen LogP contribution in [0.4, 0.5) is 13.2 Å². The third-order valence-corrected chi connectivity index (χ3v) is 7.92. The van der Waals surface area contributed by atoms with Crippen LogP contribution < -0.4 is 4.74 Å². The van der Waals surface area contributed by atoms with Crippen LogP contribution in [0.25, 0.3) is 55.7 Å². The van der Waals surface area contributed by atoms with E-state index in [4.69, 9.17) is 19.1 Å². The average molecular weight is 811 g/mol. The van der Waals surface area contributed by atoms with E-state index in [-0.39, 0.29) is 55.1 Å². The van der Waals surface area contributed by atoms with E-state index in [0.29, 0.717) is 17.1 Å².